The second-order valence-electron chi connectivity index (χ2n) is 3.91. The molecule has 15 heavy (non-hydrogen) atoms. The Balaban J connectivity index is 2.20. The number of rotatable bonds is 4. The van der Waals surface area contributed by atoms with Gasteiger partial charge in [-0.15, -0.1) is 11.3 Å². The van der Waals surface area contributed by atoms with Gasteiger partial charge in [0.2, 0.25) is 0 Å². The molecule has 1 aromatic heterocycles. The Labute approximate surface area is 95.1 Å². The molecule has 0 bridgehead atoms. The molecular formula is C13H17NS. The number of hydrogen-bond acceptors (Lipinski definition) is 2. The largest absolute Gasteiger partial charge is 0.320 e. The Morgan fingerprint density at radius 3 is 2.93 bits per heavy atom. The minimum absolute atomic E-state index is 1.10. The van der Waals surface area contributed by atoms with E-state index in [9.17, 15) is 0 Å². The summed E-state index contributed by atoms with van der Waals surface area (Å²) in [7, 11) is 2.01. The number of benzene rings is 1. The average molecular weight is 219 g/mol. The molecule has 0 spiro atoms. The zero-order chi connectivity index (χ0) is 10.7. The molecule has 0 aliphatic carbocycles. The molecular weight excluding hydrogens is 202 g/mol. The van der Waals surface area contributed by atoms with Crippen molar-refractivity contribution in [2.24, 2.45) is 0 Å². The van der Waals surface area contributed by atoms with E-state index in [1.807, 2.05) is 18.4 Å². The quantitative estimate of drug-likeness (QED) is 0.777. The van der Waals surface area contributed by atoms with Crippen molar-refractivity contribution in [1.29, 1.82) is 0 Å². The van der Waals surface area contributed by atoms with Crippen LogP contribution >= 0.6 is 11.3 Å². The maximum absolute atomic E-state index is 3.19. The summed E-state index contributed by atoms with van der Waals surface area (Å²) < 4.78 is 1.43. The summed E-state index contributed by atoms with van der Waals surface area (Å²) in [5.74, 6) is 0. The molecule has 2 heteroatoms. The zero-order valence-corrected chi connectivity index (χ0v) is 10.2. The van der Waals surface area contributed by atoms with E-state index in [4.69, 9.17) is 0 Å². The molecule has 1 heterocycles. The lowest BCUT2D eigenvalue weighted by atomic mass is 10.1. The fourth-order valence-corrected chi connectivity index (χ4v) is 3.00. The molecule has 0 unspecified atom stereocenters. The first-order chi connectivity index (χ1) is 7.31. The van der Waals surface area contributed by atoms with Gasteiger partial charge in [0.05, 0.1) is 0 Å². The summed E-state index contributed by atoms with van der Waals surface area (Å²) in [6.07, 6.45) is 2.42. The Morgan fingerprint density at radius 2 is 2.20 bits per heavy atom. The van der Waals surface area contributed by atoms with Crippen LogP contribution in [-0.4, -0.2) is 13.6 Å². The topological polar surface area (TPSA) is 12.0 Å². The first kappa shape index (κ1) is 10.7. The zero-order valence-electron chi connectivity index (χ0n) is 9.34. The molecule has 1 N–H and O–H groups in total. The SMILES string of the molecule is CNCCCc1cc2c(C)cccc2s1. The number of nitrogens with one attached hydrogen (secondary N) is 1. The van der Waals surface area contributed by atoms with Crippen LogP contribution in [0.15, 0.2) is 24.3 Å². The predicted molar refractivity (Wildman–Crippen MR) is 68.8 cm³/mol. The first-order valence-electron chi connectivity index (χ1n) is 5.44. The highest BCUT2D eigenvalue weighted by Gasteiger charge is 2.02. The molecule has 0 radical (unpaired) electrons. The van der Waals surface area contributed by atoms with Gasteiger partial charge in [0, 0.05) is 9.58 Å². The second-order valence-corrected chi connectivity index (χ2v) is 5.07. The van der Waals surface area contributed by atoms with E-state index in [0.29, 0.717) is 0 Å². The lowest BCUT2D eigenvalue weighted by Gasteiger charge is -1.95. The van der Waals surface area contributed by atoms with E-state index in [1.54, 1.807) is 0 Å². The number of thiophene rings is 1. The lowest BCUT2D eigenvalue weighted by molar-refractivity contribution is 0.729. The average Bonchev–Trinajstić information content (AvgIpc) is 2.63. The van der Waals surface area contributed by atoms with Gasteiger partial charge in [0.1, 0.15) is 0 Å². The molecule has 2 aromatic rings. The number of fused-ring (bicyclic) bond motifs is 1. The van der Waals surface area contributed by atoms with E-state index < -0.39 is 0 Å². The maximum atomic E-state index is 3.19. The molecule has 0 saturated heterocycles. The smallest absolute Gasteiger partial charge is 0.0348 e. The Kier molecular flexibility index (Phi) is 3.39. The van der Waals surface area contributed by atoms with Gasteiger partial charge < -0.3 is 5.32 Å². The van der Waals surface area contributed by atoms with Gasteiger partial charge in [-0.1, -0.05) is 12.1 Å². The van der Waals surface area contributed by atoms with Crippen LogP contribution in [0.2, 0.25) is 0 Å². The van der Waals surface area contributed by atoms with Crippen molar-refractivity contribution in [1.82, 2.24) is 5.32 Å². The van der Waals surface area contributed by atoms with Gasteiger partial charge in [-0.25, -0.2) is 0 Å². The van der Waals surface area contributed by atoms with Gasteiger partial charge in [-0.3, -0.25) is 0 Å². The van der Waals surface area contributed by atoms with Crippen LogP contribution in [0.5, 0.6) is 0 Å². The van der Waals surface area contributed by atoms with Crippen LogP contribution in [0.3, 0.4) is 0 Å². The Hall–Kier alpha value is -0.860. The van der Waals surface area contributed by atoms with Crippen molar-refractivity contribution in [3.8, 4) is 0 Å². The molecule has 0 fully saturated rings. The highest BCUT2D eigenvalue weighted by atomic mass is 32.1. The van der Waals surface area contributed by atoms with Gasteiger partial charge >= 0.3 is 0 Å². The van der Waals surface area contributed by atoms with Crippen molar-refractivity contribution in [2.45, 2.75) is 19.8 Å². The van der Waals surface area contributed by atoms with E-state index in [1.165, 1.54) is 33.4 Å². The highest BCUT2D eigenvalue weighted by Crippen LogP contribution is 2.28. The molecule has 1 nitrogen and oxygen atoms in total. The van der Waals surface area contributed by atoms with Crippen molar-refractivity contribution in [3.63, 3.8) is 0 Å². The van der Waals surface area contributed by atoms with Gasteiger partial charge in [0.15, 0.2) is 0 Å². The van der Waals surface area contributed by atoms with Crippen molar-refractivity contribution in [3.05, 3.63) is 34.7 Å². The molecule has 0 saturated carbocycles. The summed E-state index contributed by atoms with van der Waals surface area (Å²) in [6, 6.07) is 8.90. The summed E-state index contributed by atoms with van der Waals surface area (Å²) in [5, 5.41) is 4.62. The van der Waals surface area contributed by atoms with Crippen LogP contribution in [0.25, 0.3) is 10.1 Å². The fourth-order valence-electron chi connectivity index (χ4n) is 1.82. The van der Waals surface area contributed by atoms with E-state index >= 15 is 0 Å². The molecule has 80 valence electrons. The van der Waals surface area contributed by atoms with Crippen molar-refractivity contribution in [2.75, 3.05) is 13.6 Å². The standard InChI is InChI=1S/C13H17NS/c1-10-5-3-7-13-12(10)9-11(15-13)6-4-8-14-2/h3,5,7,9,14H,4,6,8H2,1-2H3. The highest BCUT2D eigenvalue weighted by molar-refractivity contribution is 7.19. The second kappa shape index (κ2) is 4.77. The third-order valence-corrected chi connectivity index (χ3v) is 3.84. The fraction of sp³-hybridized carbons (Fsp3) is 0.385. The third-order valence-electron chi connectivity index (χ3n) is 2.68. The Morgan fingerprint density at radius 1 is 1.33 bits per heavy atom. The minimum Gasteiger partial charge on any atom is -0.320 e. The molecule has 2 rings (SSSR count). The Bertz CT molecular complexity index is 445. The summed E-state index contributed by atoms with van der Waals surface area (Å²) in [6.45, 7) is 3.29. The van der Waals surface area contributed by atoms with Crippen LogP contribution in [-0.2, 0) is 6.42 Å². The maximum Gasteiger partial charge on any atom is 0.0348 e. The van der Waals surface area contributed by atoms with Gasteiger partial charge in [0.25, 0.3) is 0 Å². The summed E-state index contributed by atoms with van der Waals surface area (Å²) in [5.41, 5.74) is 1.39. The monoisotopic (exact) mass is 219 g/mol. The molecule has 0 aliphatic rings. The summed E-state index contributed by atoms with van der Waals surface area (Å²) >= 11 is 1.93. The van der Waals surface area contributed by atoms with Gasteiger partial charge in [-0.05, 0) is 56.4 Å². The molecule has 0 aliphatic heterocycles. The lowest BCUT2D eigenvalue weighted by Crippen LogP contribution is -2.07. The van der Waals surface area contributed by atoms with Crippen molar-refractivity contribution < 1.29 is 0 Å². The molecule has 0 amide bonds. The van der Waals surface area contributed by atoms with E-state index in [2.05, 4.69) is 36.5 Å². The van der Waals surface area contributed by atoms with E-state index in [0.717, 1.165) is 6.54 Å². The minimum atomic E-state index is 1.10. The van der Waals surface area contributed by atoms with Crippen LogP contribution in [0, 0.1) is 6.92 Å². The van der Waals surface area contributed by atoms with Crippen LogP contribution < -0.4 is 5.32 Å². The molecule has 0 atom stereocenters. The van der Waals surface area contributed by atoms with E-state index in [-0.39, 0.29) is 0 Å². The van der Waals surface area contributed by atoms with Crippen LogP contribution in [0.4, 0.5) is 0 Å². The summed E-state index contributed by atoms with van der Waals surface area (Å²) in [4.78, 5) is 1.51. The van der Waals surface area contributed by atoms with Gasteiger partial charge in [-0.2, -0.15) is 0 Å². The normalized spacial score (nSPS) is 11.1. The van der Waals surface area contributed by atoms with Crippen molar-refractivity contribution >= 4 is 21.4 Å². The first-order valence-corrected chi connectivity index (χ1v) is 6.25. The number of hydrogen-bond donors (Lipinski definition) is 1. The third kappa shape index (κ3) is 2.39. The predicted octanol–water partition coefficient (Wildman–Crippen LogP) is 3.36. The van der Waals surface area contributed by atoms with Crippen LogP contribution in [0.1, 0.15) is 16.9 Å². The molecule has 1 aromatic carbocycles. The number of aryl methyl sites for hydroxylation is 2.